The van der Waals surface area contributed by atoms with E-state index in [2.05, 4.69) is 15.9 Å². The molecule has 0 fully saturated rings. The summed E-state index contributed by atoms with van der Waals surface area (Å²) in [5.74, 6) is 0.832. The third kappa shape index (κ3) is 5.64. The van der Waals surface area contributed by atoms with Crippen molar-refractivity contribution >= 4 is 28.0 Å². The molecule has 0 aliphatic heterocycles. The molecule has 2 aromatic carbocycles. The van der Waals surface area contributed by atoms with Crippen molar-refractivity contribution in [2.24, 2.45) is 0 Å². The lowest BCUT2D eigenvalue weighted by Gasteiger charge is -2.14. The fraction of sp³-hybridized carbons (Fsp3) is 0.250. The molecule has 5 heteroatoms. The van der Waals surface area contributed by atoms with Crippen molar-refractivity contribution in [3.05, 3.63) is 63.6 Å². The van der Waals surface area contributed by atoms with Gasteiger partial charge in [-0.2, -0.15) is 0 Å². The molecule has 0 amide bonds. The van der Waals surface area contributed by atoms with E-state index >= 15 is 0 Å². The predicted molar refractivity (Wildman–Crippen MR) is 102 cm³/mol. The summed E-state index contributed by atoms with van der Waals surface area (Å²) in [7, 11) is 1.58. The fourth-order valence-corrected chi connectivity index (χ4v) is 2.74. The molecule has 0 unspecified atom stereocenters. The molecule has 2 aromatic rings. The van der Waals surface area contributed by atoms with Gasteiger partial charge in [-0.15, -0.1) is 0 Å². The number of aryl methyl sites for hydroxylation is 1. The van der Waals surface area contributed by atoms with Crippen molar-refractivity contribution in [1.29, 1.82) is 0 Å². The molecule has 0 saturated carbocycles. The Balaban J connectivity index is 2.15. The quantitative estimate of drug-likeness (QED) is 0.485. The molecule has 0 atom stereocenters. The molecule has 0 aliphatic carbocycles. The van der Waals surface area contributed by atoms with Gasteiger partial charge in [0.15, 0.2) is 11.5 Å². The monoisotopic (exact) mass is 404 g/mol. The smallest absolute Gasteiger partial charge is 0.330 e. The molecule has 0 aliphatic rings. The van der Waals surface area contributed by atoms with Crippen LogP contribution >= 0.6 is 15.9 Å². The van der Waals surface area contributed by atoms with Gasteiger partial charge in [0, 0.05) is 6.08 Å². The molecule has 0 heterocycles. The van der Waals surface area contributed by atoms with Crippen molar-refractivity contribution in [1.82, 2.24) is 0 Å². The van der Waals surface area contributed by atoms with Crippen LogP contribution in [0.1, 0.15) is 23.6 Å². The molecular formula is C20H21BrO4. The zero-order chi connectivity index (χ0) is 18.2. The minimum absolute atomic E-state index is 0.349. The first-order chi connectivity index (χ1) is 12.0. The van der Waals surface area contributed by atoms with Gasteiger partial charge in [0.25, 0.3) is 0 Å². The summed E-state index contributed by atoms with van der Waals surface area (Å²) >= 11 is 3.51. The van der Waals surface area contributed by atoms with Gasteiger partial charge < -0.3 is 14.2 Å². The number of carbonyl (C=O) groups excluding carboxylic acids is 1. The first-order valence-corrected chi connectivity index (χ1v) is 8.73. The van der Waals surface area contributed by atoms with E-state index in [-0.39, 0.29) is 5.97 Å². The molecule has 0 aromatic heterocycles. The summed E-state index contributed by atoms with van der Waals surface area (Å²) in [6.45, 7) is 4.60. The topological polar surface area (TPSA) is 44.8 Å². The molecule has 132 valence electrons. The normalized spacial score (nSPS) is 10.7. The lowest BCUT2D eigenvalue weighted by Crippen LogP contribution is -2.00. The number of esters is 1. The molecule has 2 rings (SSSR count). The Morgan fingerprint density at radius 1 is 1.20 bits per heavy atom. The zero-order valence-corrected chi connectivity index (χ0v) is 16.1. The standard InChI is InChI=1S/C20H21BrO4/c1-4-24-19(22)10-9-16-11-17(21)20(18(12-16)23-3)25-13-15-7-5-14(2)6-8-15/h5-12H,4,13H2,1-3H3/b10-9+. The van der Waals surface area contributed by atoms with E-state index in [4.69, 9.17) is 14.2 Å². The van der Waals surface area contributed by atoms with Gasteiger partial charge in [0.2, 0.25) is 0 Å². The van der Waals surface area contributed by atoms with E-state index in [1.54, 1.807) is 20.1 Å². The van der Waals surface area contributed by atoms with Gasteiger partial charge in [0.05, 0.1) is 18.2 Å². The highest BCUT2D eigenvalue weighted by Gasteiger charge is 2.11. The van der Waals surface area contributed by atoms with Crippen molar-refractivity contribution in [2.75, 3.05) is 13.7 Å². The third-order valence-corrected chi connectivity index (χ3v) is 4.04. The predicted octanol–water partition coefficient (Wildman–Crippen LogP) is 4.92. The van der Waals surface area contributed by atoms with Crippen LogP contribution in [0.4, 0.5) is 0 Å². The maximum Gasteiger partial charge on any atom is 0.330 e. The maximum atomic E-state index is 11.4. The van der Waals surface area contributed by atoms with Crippen LogP contribution < -0.4 is 9.47 Å². The highest BCUT2D eigenvalue weighted by Crippen LogP contribution is 2.37. The first-order valence-electron chi connectivity index (χ1n) is 7.94. The van der Waals surface area contributed by atoms with Crippen LogP contribution in [0.25, 0.3) is 6.08 Å². The average Bonchev–Trinajstić information content (AvgIpc) is 2.60. The lowest BCUT2D eigenvalue weighted by molar-refractivity contribution is -0.137. The van der Waals surface area contributed by atoms with Gasteiger partial charge in [-0.1, -0.05) is 29.8 Å². The summed E-state index contributed by atoms with van der Waals surface area (Å²) in [6, 6.07) is 11.8. The van der Waals surface area contributed by atoms with Crippen LogP contribution in [0.5, 0.6) is 11.5 Å². The van der Waals surface area contributed by atoms with E-state index in [1.165, 1.54) is 11.6 Å². The van der Waals surface area contributed by atoms with Gasteiger partial charge >= 0.3 is 5.97 Å². The van der Waals surface area contributed by atoms with Crippen molar-refractivity contribution in [3.63, 3.8) is 0 Å². The Hall–Kier alpha value is -2.27. The van der Waals surface area contributed by atoms with Crippen molar-refractivity contribution in [3.8, 4) is 11.5 Å². The van der Waals surface area contributed by atoms with E-state index in [1.807, 2.05) is 43.3 Å². The zero-order valence-electron chi connectivity index (χ0n) is 14.5. The summed E-state index contributed by atoms with van der Waals surface area (Å²) < 4.78 is 17.0. The SMILES string of the molecule is CCOC(=O)/C=C/c1cc(Br)c(OCc2ccc(C)cc2)c(OC)c1. The fourth-order valence-electron chi connectivity index (χ4n) is 2.17. The van der Waals surface area contributed by atoms with Crippen LogP contribution in [0, 0.1) is 6.92 Å². The van der Waals surface area contributed by atoms with Crippen LogP contribution in [-0.4, -0.2) is 19.7 Å². The Morgan fingerprint density at radius 3 is 2.56 bits per heavy atom. The van der Waals surface area contributed by atoms with E-state index < -0.39 is 0 Å². The summed E-state index contributed by atoms with van der Waals surface area (Å²) in [6.07, 6.45) is 3.06. The van der Waals surface area contributed by atoms with E-state index in [0.717, 1.165) is 15.6 Å². The Morgan fingerprint density at radius 2 is 1.92 bits per heavy atom. The number of benzene rings is 2. The molecule has 0 bridgehead atoms. The Labute approximate surface area is 156 Å². The van der Waals surface area contributed by atoms with Crippen molar-refractivity contribution < 1.29 is 19.0 Å². The maximum absolute atomic E-state index is 11.4. The Bertz CT molecular complexity index is 751. The first kappa shape index (κ1) is 19.1. The molecule has 0 spiro atoms. The third-order valence-electron chi connectivity index (χ3n) is 3.45. The van der Waals surface area contributed by atoms with Gasteiger partial charge in [-0.25, -0.2) is 4.79 Å². The minimum Gasteiger partial charge on any atom is -0.493 e. The van der Waals surface area contributed by atoms with Crippen LogP contribution in [0.15, 0.2) is 46.9 Å². The second-order valence-corrected chi connectivity index (χ2v) is 6.25. The highest BCUT2D eigenvalue weighted by molar-refractivity contribution is 9.10. The largest absolute Gasteiger partial charge is 0.493 e. The molecule has 0 radical (unpaired) electrons. The van der Waals surface area contributed by atoms with E-state index in [9.17, 15) is 4.79 Å². The van der Waals surface area contributed by atoms with Crippen LogP contribution in [0.2, 0.25) is 0 Å². The molecule has 4 nitrogen and oxygen atoms in total. The van der Waals surface area contributed by atoms with Crippen LogP contribution in [-0.2, 0) is 16.1 Å². The number of hydrogen-bond donors (Lipinski definition) is 0. The number of rotatable bonds is 7. The summed E-state index contributed by atoms with van der Waals surface area (Å²) in [5, 5.41) is 0. The molecular weight excluding hydrogens is 384 g/mol. The van der Waals surface area contributed by atoms with Gasteiger partial charge in [0.1, 0.15) is 6.61 Å². The average molecular weight is 405 g/mol. The number of carbonyl (C=O) groups is 1. The lowest BCUT2D eigenvalue weighted by atomic mass is 10.1. The number of methoxy groups -OCH3 is 1. The number of ether oxygens (including phenoxy) is 3. The number of hydrogen-bond acceptors (Lipinski definition) is 4. The minimum atomic E-state index is -0.378. The summed E-state index contributed by atoms with van der Waals surface area (Å²) in [5.41, 5.74) is 3.09. The van der Waals surface area contributed by atoms with Gasteiger partial charge in [-0.3, -0.25) is 0 Å². The molecule has 25 heavy (non-hydrogen) atoms. The second-order valence-electron chi connectivity index (χ2n) is 5.39. The highest BCUT2D eigenvalue weighted by atomic mass is 79.9. The summed E-state index contributed by atoms with van der Waals surface area (Å²) in [4.78, 5) is 11.4. The van der Waals surface area contributed by atoms with Gasteiger partial charge in [-0.05, 0) is 59.1 Å². The molecule has 0 N–H and O–H groups in total. The van der Waals surface area contributed by atoms with E-state index in [0.29, 0.717) is 24.7 Å². The van der Waals surface area contributed by atoms with Crippen molar-refractivity contribution in [2.45, 2.75) is 20.5 Å². The second kappa shape index (κ2) is 9.28. The Kier molecular flexibility index (Phi) is 7.07. The molecule has 0 saturated heterocycles. The number of halogens is 1. The van der Waals surface area contributed by atoms with Crippen LogP contribution in [0.3, 0.4) is 0 Å².